The van der Waals surface area contributed by atoms with Crippen molar-refractivity contribution in [2.45, 2.75) is 6.92 Å². The van der Waals surface area contributed by atoms with E-state index in [9.17, 15) is 9.18 Å². The number of carbonyl (C=O) groups is 1. The molecule has 0 atom stereocenters. The summed E-state index contributed by atoms with van der Waals surface area (Å²) in [5, 5.41) is 0. The van der Waals surface area contributed by atoms with Crippen LogP contribution in [0.5, 0.6) is 5.75 Å². The van der Waals surface area contributed by atoms with Crippen LogP contribution >= 0.6 is 22.6 Å². The molecule has 0 heterocycles. The highest BCUT2D eigenvalue weighted by molar-refractivity contribution is 14.1. The topological polar surface area (TPSA) is 26.3 Å². The summed E-state index contributed by atoms with van der Waals surface area (Å²) in [6.07, 6.45) is 0. The number of hydrogen-bond donors (Lipinski definition) is 0. The summed E-state index contributed by atoms with van der Waals surface area (Å²) in [5.41, 5.74) is 0.0166. The van der Waals surface area contributed by atoms with Crippen molar-refractivity contribution in [1.82, 2.24) is 0 Å². The third-order valence-electron chi connectivity index (χ3n) is 1.59. The van der Waals surface area contributed by atoms with E-state index in [0.29, 0.717) is 3.57 Å². The maximum Gasteiger partial charge on any atom is 0.166 e. The van der Waals surface area contributed by atoms with E-state index in [1.54, 1.807) is 6.07 Å². The number of halogens is 2. The average Bonchev–Trinajstić information content (AvgIpc) is 2.01. The molecule has 0 amide bonds. The highest BCUT2D eigenvalue weighted by Gasteiger charge is 2.14. The van der Waals surface area contributed by atoms with E-state index in [0.717, 1.165) is 0 Å². The van der Waals surface area contributed by atoms with Gasteiger partial charge in [0.25, 0.3) is 0 Å². The minimum atomic E-state index is -0.531. The fourth-order valence-corrected chi connectivity index (χ4v) is 1.61. The van der Waals surface area contributed by atoms with Gasteiger partial charge in [0.05, 0.1) is 12.7 Å². The minimum absolute atomic E-state index is 0.0166. The van der Waals surface area contributed by atoms with Crippen LogP contribution in [-0.4, -0.2) is 12.9 Å². The fourth-order valence-electron chi connectivity index (χ4n) is 1.05. The van der Waals surface area contributed by atoms with Crippen molar-refractivity contribution >= 4 is 28.4 Å². The second-order valence-electron chi connectivity index (χ2n) is 2.52. The summed E-state index contributed by atoms with van der Waals surface area (Å²) < 4.78 is 18.9. The van der Waals surface area contributed by atoms with Gasteiger partial charge in [0.15, 0.2) is 5.78 Å². The van der Waals surface area contributed by atoms with Gasteiger partial charge in [0.1, 0.15) is 11.6 Å². The Labute approximate surface area is 89.2 Å². The van der Waals surface area contributed by atoms with Crippen molar-refractivity contribution in [2.75, 3.05) is 7.11 Å². The Morgan fingerprint density at radius 1 is 1.54 bits per heavy atom. The molecule has 0 aliphatic rings. The molecule has 1 aromatic rings. The van der Waals surface area contributed by atoms with E-state index < -0.39 is 5.82 Å². The van der Waals surface area contributed by atoms with Gasteiger partial charge >= 0.3 is 0 Å². The van der Waals surface area contributed by atoms with Crippen molar-refractivity contribution in [3.05, 3.63) is 27.1 Å². The standard InChI is InChI=1S/C9H8FIO2/c1-5(12)9-7(10)3-6(11)4-8(9)13-2/h3-4H,1-2H3. The molecule has 0 spiro atoms. The average molecular weight is 294 g/mol. The Morgan fingerprint density at radius 3 is 2.62 bits per heavy atom. The number of benzene rings is 1. The highest BCUT2D eigenvalue weighted by Crippen LogP contribution is 2.24. The predicted molar refractivity (Wildman–Crippen MR) is 55.7 cm³/mol. The van der Waals surface area contributed by atoms with Crippen molar-refractivity contribution in [2.24, 2.45) is 0 Å². The number of carbonyl (C=O) groups excluding carboxylic acids is 1. The van der Waals surface area contributed by atoms with Crippen molar-refractivity contribution in [1.29, 1.82) is 0 Å². The molecule has 0 aliphatic heterocycles. The zero-order valence-electron chi connectivity index (χ0n) is 7.23. The summed E-state index contributed by atoms with van der Waals surface area (Å²) in [6.45, 7) is 1.31. The van der Waals surface area contributed by atoms with Crippen LogP contribution in [0.2, 0.25) is 0 Å². The molecule has 0 radical (unpaired) electrons. The molecule has 1 aromatic carbocycles. The quantitative estimate of drug-likeness (QED) is 0.619. The van der Waals surface area contributed by atoms with Crippen LogP contribution in [-0.2, 0) is 0 Å². The van der Waals surface area contributed by atoms with Gasteiger partial charge in [-0.05, 0) is 41.6 Å². The number of methoxy groups -OCH3 is 1. The molecule has 0 bridgehead atoms. The predicted octanol–water partition coefficient (Wildman–Crippen LogP) is 2.64. The Balaban J connectivity index is 3.38. The molecule has 0 saturated carbocycles. The molecule has 2 nitrogen and oxygen atoms in total. The van der Waals surface area contributed by atoms with Gasteiger partial charge < -0.3 is 4.74 Å². The zero-order valence-corrected chi connectivity index (χ0v) is 9.38. The summed E-state index contributed by atoms with van der Waals surface area (Å²) >= 11 is 1.96. The van der Waals surface area contributed by atoms with Crippen LogP contribution < -0.4 is 4.74 Å². The number of ketones is 1. The summed E-state index contributed by atoms with van der Waals surface area (Å²) in [6, 6.07) is 2.93. The zero-order chi connectivity index (χ0) is 10.0. The lowest BCUT2D eigenvalue weighted by molar-refractivity contribution is 0.101. The first-order valence-electron chi connectivity index (χ1n) is 3.60. The van der Waals surface area contributed by atoms with E-state index in [2.05, 4.69) is 0 Å². The largest absolute Gasteiger partial charge is 0.496 e. The molecule has 0 aliphatic carbocycles. The maximum absolute atomic E-state index is 13.2. The molecule has 0 saturated heterocycles. The molecule has 70 valence electrons. The van der Waals surface area contributed by atoms with E-state index in [1.807, 2.05) is 22.6 Å². The van der Waals surface area contributed by atoms with E-state index in [1.165, 1.54) is 20.1 Å². The maximum atomic E-state index is 13.2. The van der Waals surface area contributed by atoms with E-state index >= 15 is 0 Å². The van der Waals surface area contributed by atoms with Gasteiger partial charge in [-0.2, -0.15) is 0 Å². The van der Waals surface area contributed by atoms with E-state index in [4.69, 9.17) is 4.74 Å². The van der Waals surface area contributed by atoms with Gasteiger partial charge in [0, 0.05) is 3.57 Å². The van der Waals surface area contributed by atoms with Crippen LogP contribution in [0.25, 0.3) is 0 Å². The molecule has 1 rings (SSSR count). The Bertz CT molecular complexity index is 350. The summed E-state index contributed by atoms with van der Waals surface area (Å²) in [4.78, 5) is 11.0. The van der Waals surface area contributed by atoms with Crippen molar-refractivity contribution in [3.8, 4) is 5.75 Å². The monoisotopic (exact) mass is 294 g/mol. The lowest BCUT2D eigenvalue weighted by Crippen LogP contribution is -2.01. The third kappa shape index (κ3) is 2.18. The van der Waals surface area contributed by atoms with Gasteiger partial charge in [-0.3, -0.25) is 4.79 Å². The third-order valence-corrected chi connectivity index (χ3v) is 2.21. The van der Waals surface area contributed by atoms with Gasteiger partial charge in [-0.15, -0.1) is 0 Å². The van der Waals surface area contributed by atoms with Crippen LogP contribution in [0.4, 0.5) is 4.39 Å². The molecule has 0 aromatic heterocycles. The van der Waals surface area contributed by atoms with Gasteiger partial charge in [0.2, 0.25) is 0 Å². The number of Topliss-reactive ketones (excluding diaryl/α,β-unsaturated/α-hetero) is 1. The van der Waals surface area contributed by atoms with Gasteiger partial charge in [-0.25, -0.2) is 4.39 Å². The van der Waals surface area contributed by atoms with Crippen LogP contribution in [0, 0.1) is 9.39 Å². The first kappa shape index (κ1) is 10.4. The second-order valence-corrected chi connectivity index (χ2v) is 3.77. The smallest absolute Gasteiger partial charge is 0.166 e. The first-order chi connectivity index (χ1) is 6.06. The number of rotatable bonds is 2. The second kappa shape index (κ2) is 4.04. The lowest BCUT2D eigenvalue weighted by atomic mass is 10.1. The lowest BCUT2D eigenvalue weighted by Gasteiger charge is -2.06. The van der Waals surface area contributed by atoms with E-state index in [-0.39, 0.29) is 17.1 Å². The SMILES string of the molecule is COc1cc(I)cc(F)c1C(C)=O. The van der Waals surface area contributed by atoms with Crippen molar-refractivity contribution in [3.63, 3.8) is 0 Å². The normalized spacial score (nSPS) is 9.85. The molecular formula is C9H8FIO2. The Morgan fingerprint density at radius 2 is 2.15 bits per heavy atom. The van der Waals surface area contributed by atoms with Gasteiger partial charge in [-0.1, -0.05) is 0 Å². The summed E-state index contributed by atoms with van der Waals surface area (Å²) in [7, 11) is 1.41. The minimum Gasteiger partial charge on any atom is -0.496 e. The Kier molecular flexibility index (Phi) is 3.24. The highest BCUT2D eigenvalue weighted by atomic mass is 127. The van der Waals surface area contributed by atoms with Crippen molar-refractivity contribution < 1.29 is 13.9 Å². The van der Waals surface area contributed by atoms with Crippen LogP contribution in [0.3, 0.4) is 0 Å². The molecule has 4 heteroatoms. The molecule has 0 N–H and O–H groups in total. The van der Waals surface area contributed by atoms with Crippen LogP contribution in [0.15, 0.2) is 12.1 Å². The number of hydrogen-bond acceptors (Lipinski definition) is 2. The van der Waals surface area contributed by atoms with Crippen LogP contribution in [0.1, 0.15) is 17.3 Å². The Hall–Kier alpha value is -0.650. The number of ether oxygens (including phenoxy) is 1. The summed E-state index contributed by atoms with van der Waals surface area (Å²) in [5.74, 6) is -0.570. The molecule has 0 unspecified atom stereocenters. The molecule has 0 fully saturated rings. The first-order valence-corrected chi connectivity index (χ1v) is 4.68. The molecular weight excluding hydrogens is 286 g/mol. The fraction of sp³-hybridized carbons (Fsp3) is 0.222. The molecule has 13 heavy (non-hydrogen) atoms.